The van der Waals surface area contributed by atoms with E-state index in [1.54, 1.807) is 22.6 Å². The van der Waals surface area contributed by atoms with Gasteiger partial charge in [-0.25, -0.2) is 8.42 Å². The molecule has 2 heterocycles. The number of sulfonamides is 1. The molecule has 2 rings (SSSR count). The molecular weight excluding hydrogens is 292 g/mol. The predicted octanol–water partition coefficient (Wildman–Crippen LogP) is 0.199. The van der Waals surface area contributed by atoms with Crippen LogP contribution in [0.4, 0.5) is 5.69 Å². The molecule has 0 aliphatic carbocycles. The number of aryl methyl sites for hydroxylation is 2. The van der Waals surface area contributed by atoms with E-state index in [0.717, 1.165) is 6.54 Å². The number of aromatic nitrogens is 4. The van der Waals surface area contributed by atoms with Crippen molar-refractivity contribution in [1.29, 1.82) is 0 Å². The lowest BCUT2D eigenvalue weighted by Gasteiger charge is -2.05. The highest BCUT2D eigenvalue weighted by Crippen LogP contribution is 2.19. The zero-order chi connectivity index (χ0) is 15.5. The van der Waals surface area contributed by atoms with Gasteiger partial charge in [-0.15, -0.1) is 0 Å². The number of anilines is 1. The third-order valence-electron chi connectivity index (χ3n) is 3.00. The summed E-state index contributed by atoms with van der Waals surface area (Å²) in [5.74, 6) is 0. The summed E-state index contributed by atoms with van der Waals surface area (Å²) >= 11 is 0. The Hall–Kier alpha value is -1.87. The lowest BCUT2D eigenvalue weighted by molar-refractivity contribution is 0.582. The molecule has 0 bridgehead atoms. The first-order chi connectivity index (χ1) is 9.96. The van der Waals surface area contributed by atoms with E-state index in [4.69, 9.17) is 0 Å². The van der Waals surface area contributed by atoms with Crippen LogP contribution in [0.15, 0.2) is 23.5 Å². The summed E-state index contributed by atoms with van der Waals surface area (Å²) in [7, 11) is -0.0564. The smallest absolute Gasteiger partial charge is 0.265 e. The molecule has 0 unspecified atom stereocenters. The minimum absolute atomic E-state index is 0.143. The molecular formula is C12H20N6O2S. The van der Waals surface area contributed by atoms with Crippen molar-refractivity contribution in [3.63, 3.8) is 0 Å². The van der Waals surface area contributed by atoms with Gasteiger partial charge in [0.25, 0.3) is 10.0 Å². The Kier molecular flexibility index (Phi) is 4.63. The van der Waals surface area contributed by atoms with Crippen molar-refractivity contribution in [2.45, 2.75) is 24.8 Å². The number of hydrogen-bond acceptors (Lipinski definition) is 5. The Morgan fingerprint density at radius 3 is 2.76 bits per heavy atom. The van der Waals surface area contributed by atoms with Crippen LogP contribution in [0.25, 0.3) is 0 Å². The lowest BCUT2D eigenvalue weighted by Crippen LogP contribution is -2.15. The maximum atomic E-state index is 12.3. The van der Waals surface area contributed by atoms with Gasteiger partial charge in [0.15, 0.2) is 0 Å². The van der Waals surface area contributed by atoms with Gasteiger partial charge in [0.05, 0.1) is 24.1 Å². The molecule has 2 N–H and O–H groups in total. The summed E-state index contributed by atoms with van der Waals surface area (Å²) in [6.45, 7) is 3.26. The standard InChI is InChI=1S/C12H20N6O2S/c1-4-11-12(9-17(3)15-11)16-21(19,20)10-7-14-18(8-10)6-5-13-2/h7-9,13,16H,4-6H2,1-3H3. The van der Waals surface area contributed by atoms with Gasteiger partial charge >= 0.3 is 0 Å². The molecule has 2 aromatic rings. The minimum atomic E-state index is -3.64. The van der Waals surface area contributed by atoms with Crippen molar-refractivity contribution >= 4 is 15.7 Å². The van der Waals surface area contributed by atoms with Crippen LogP contribution in [-0.4, -0.2) is 41.6 Å². The molecule has 0 fully saturated rings. The van der Waals surface area contributed by atoms with Crippen molar-refractivity contribution in [3.8, 4) is 0 Å². The van der Waals surface area contributed by atoms with E-state index in [1.807, 2.05) is 14.0 Å². The zero-order valence-electron chi connectivity index (χ0n) is 12.4. The van der Waals surface area contributed by atoms with Gasteiger partial charge in [0.2, 0.25) is 0 Å². The third-order valence-corrected chi connectivity index (χ3v) is 4.32. The first-order valence-corrected chi connectivity index (χ1v) is 8.17. The summed E-state index contributed by atoms with van der Waals surface area (Å²) in [5.41, 5.74) is 1.21. The van der Waals surface area contributed by atoms with Crippen molar-refractivity contribution in [2.75, 3.05) is 18.3 Å². The van der Waals surface area contributed by atoms with Crippen molar-refractivity contribution in [2.24, 2.45) is 7.05 Å². The number of rotatable bonds is 7. The van der Waals surface area contributed by atoms with E-state index in [2.05, 4.69) is 20.2 Å². The number of hydrogen-bond donors (Lipinski definition) is 2. The molecule has 0 atom stereocenters. The first-order valence-electron chi connectivity index (χ1n) is 6.68. The van der Waals surface area contributed by atoms with Crippen LogP contribution in [0.5, 0.6) is 0 Å². The van der Waals surface area contributed by atoms with Crippen LogP contribution < -0.4 is 10.0 Å². The van der Waals surface area contributed by atoms with Gasteiger partial charge in [0, 0.05) is 26.0 Å². The van der Waals surface area contributed by atoms with Gasteiger partial charge in [0.1, 0.15) is 4.90 Å². The predicted molar refractivity (Wildman–Crippen MR) is 79.5 cm³/mol. The molecule has 0 radical (unpaired) electrons. The van der Waals surface area contributed by atoms with Crippen LogP contribution in [0.1, 0.15) is 12.6 Å². The Labute approximate surface area is 124 Å². The van der Waals surface area contributed by atoms with E-state index in [1.165, 1.54) is 12.4 Å². The van der Waals surface area contributed by atoms with E-state index < -0.39 is 10.0 Å². The highest BCUT2D eigenvalue weighted by Gasteiger charge is 2.19. The number of nitrogens with zero attached hydrogens (tertiary/aromatic N) is 4. The average Bonchev–Trinajstić information content (AvgIpc) is 3.03. The van der Waals surface area contributed by atoms with E-state index >= 15 is 0 Å². The normalized spacial score (nSPS) is 11.8. The molecule has 9 heteroatoms. The molecule has 2 aromatic heterocycles. The number of nitrogens with one attached hydrogen (secondary N) is 2. The molecule has 0 aliphatic heterocycles. The molecule has 0 saturated carbocycles. The molecule has 0 amide bonds. The van der Waals surface area contributed by atoms with E-state index in [0.29, 0.717) is 24.3 Å². The highest BCUT2D eigenvalue weighted by molar-refractivity contribution is 7.92. The van der Waals surface area contributed by atoms with Crippen LogP contribution in [0.3, 0.4) is 0 Å². The average molecular weight is 312 g/mol. The van der Waals surface area contributed by atoms with Crippen LogP contribution in [0.2, 0.25) is 0 Å². The molecule has 8 nitrogen and oxygen atoms in total. The van der Waals surface area contributed by atoms with E-state index in [-0.39, 0.29) is 4.90 Å². The Balaban J connectivity index is 2.19. The summed E-state index contributed by atoms with van der Waals surface area (Å²) in [6, 6.07) is 0. The van der Waals surface area contributed by atoms with Crippen LogP contribution >= 0.6 is 0 Å². The fourth-order valence-electron chi connectivity index (χ4n) is 1.92. The van der Waals surface area contributed by atoms with Crippen LogP contribution in [0, 0.1) is 0 Å². The topological polar surface area (TPSA) is 93.8 Å². The van der Waals surface area contributed by atoms with E-state index in [9.17, 15) is 8.42 Å². The van der Waals surface area contributed by atoms with Gasteiger partial charge < -0.3 is 5.32 Å². The minimum Gasteiger partial charge on any atom is -0.318 e. The maximum absolute atomic E-state index is 12.3. The second-order valence-electron chi connectivity index (χ2n) is 4.66. The maximum Gasteiger partial charge on any atom is 0.265 e. The highest BCUT2D eigenvalue weighted by atomic mass is 32.2. The second kappa shape index (κ2) is 6.27. The Morgan fingerprint density at radius 2 is 2.10 bits per heavy atom. The monoisotopic (exact) mass is 312 g/mol. The van der Waals surface area contributed by atoms with Crippen LogP contribution in [-0.2, 0) is 30.0 Å². The van der Waals surface area contributed by atoms with Gasteiger partial charge in [-0.3, -0.25) is 14.1 Å². The molecule has 116 valence electrons. The fourth-order valence-corrected chi connectivity index (χ4v) is 2.94. The summed E-state index contributed by atoms with van der Waals surface area (Å²) in [6.07, 6.45) is 5.17. The van der Waals surface area contributed by atoms with Gasteiger partial charge in [-0.05, 0) is 13.5 Å². The largest absolute Gasteiger partial charge is 0.318 e. The Morgan fingerprint density at radius 1 is 1.33 bits per heavy atom. The lowest BCUT2D eigenvalue weighted by atomic mass is 10.3. The van der Waals surface area contributed by atoms with Crippen molar-refractivity contribution in [3.05, 3.63) is 24.3 Å². The molecule has 0 spiro atoms. The molecule has 0 aromatic carbocycles. The molecule has 21 heavy (non-hydrogen) atoms. The molecule has 0 saturated heterocycles. The second-order valence-corrected chi connectivity index (χ2v) is 6.35. The fraction of sp³-hybridized carbons (Fsp3) is 0.500. The van der Waals surface area contributed by atoms with Crippen molar-refractivity contribution in [1.82, 2.24) is 24.9 Å². The quantitative estimate of drug-likeness (QED) is 0.762. The summed E-state index contributed by atoms with van der Waals surface area (Å²) in [5, 5.41) is 11.2. The number of likely N-dealkylation sites (N-methyl/N-ethyl adjacent to an activating group) is 1. The van der Waals surface area contributed by atoms with Gasteiger partial charge in [-0.2, -0.15) is 10.2 Å². The molecule has 0 aliphatic rings. The zero-order valence-corrected chi connectivity index (χ0v) is 13.2. The van der Waals surface area contributed by atoms with Gasteiger partial charge in [-0.1, -0.05) is 6.92 Å². The summed E-state index contributed by atoms with van der Waals surface area (Å²) < 4.78 is 30.4. The third kappa shape index (κ3) is 3.61. The first kappa shape index (κ1) is 15.5. The SMILES string of the molecule is CCc1nn(C)cc1NS(=O)(=O)c1cnn(CCNC)c1. The van der Waals surface area contributed by atoms with Crippen molar-refractivity contribution < 1.29 is 8.42 Å². The Bertz CT molecular complexity index is 703. The summed E-state index contributed by atoms with van der Waals surface area (Å²) in [4.78, 5) is 0.143.